The molecule has 0 aromatic carbocycles. The summed E-state index contributed by atoms with van der Waals surface area (Å²) >= 11 is 0. The van der Waals surface area contributed by atoms with E-state index >= 15 is 0 Å². The molecule has 0 aromatic heterocycles. The fourth-order valence-electron chi connectivity index (χ4n) is 3.86. The van der Waals surface area contributed by atoms with E-state index in [9.17, 15) is 14.4 Å². The summed E-state index contributed by atoms with van der Waals surface area (Å²) in [5, 5.41) is 17.6. The van der Waals surface area contributed by atoms with E-state index in [2.05, 4.69) is 0 Å². The molecule has 5 heteroatoms. The van der Waals surface area contributed by atoms with Gasteiger partial charge in [0.25, 0.3) is 0 Å². The monoisotopic (exact) mass is 426 g/mol. The maximum atomic E-state index is 11.8. The molecule has 0 aliphatic carbocycles. The normalized spacial score (nSPS) is 12.0. The van der Waals surface area contributed by atoms with Crippen molar-refractivity contribution in [1.29, 1.82) is 0 Å². The van der Waals surface area contributed by atoms with E-state index < -0.39 is 17.9 Å². The molecule has 0 spiro atoms. The second-order valence-electron chi connectivity index (χ2n) is 8.74. The maximum absolute atomic E-state index is 11.8. The zero-order chi connectivity index (χ0) is 22.5. The van der Waals surface area contributed by atoms with Crippen LogP contribution in [-0.2, 0) is 14.4 Å². The fraction of sp³-hybridized carbons (Fsp3) is 0.880. The second kappa shape index (κ2) is 20.9. The van der Waals surface area contributed by atoms with E-state index in [0.717, 1.165) is 25.7 Å². The zero-order valence-electron chi connectivity index (χ0n) is 19.3. The summed E-state index contributed by atoms with van der Waals surface area (Å²) in [6.45, 7) is 1.82. The van der Waals surface area contributed by atoms with Crippen LogP contribution in [0.1, 0.15) is 135 Å². The third-order valence-electron chi connectivity index (χ3n) is 5.91. The van der Waals surface area contributed by atoms with E-state index in [-0.39, 0.29) is 12.2 Å². The van der Waals surface area contributed by atoms with Crippen LogP contribution in [0, 0.1) is 5.92 Å². The Morgan fingerprint density at radius 3 is 1.20 bits per heavy atom. The van der Waals surface area contributed by atoms with Crippen LogP contribution in [0.25, 0.3) is 0 Å². The summed E-state index contributed by atoms with van der Waals surface area (Å²) in [7, 11) is 0. The van der Waals surface area contributed by atoms with Crippen LogP contribution < -0.4 is 0 Å². The predicted molar refractivity (Wildman–Crippen MR) is 122 cm³/mol. The molecule has 0 aliphatic rings. The Balaban J connectivity index is 3.24. The lowest BCUT2D eigenvalue weighted by atomic mass is 9.97. The van der Waals surface area contributed by atoms with Crippen LogP contribution >= 0.6 is 0 Å². The van der Waals surface area contributed by atoms with Gasteiger partial charge in [0.1, 0.15) is 5.78 Å². The Bertz CT molecular complexity index is 447. The maximum Gasteiger partial charge on any atom is 0.306 e. The van der Waals surface area contributed by atoms with Gasteiger partial charge < -0.3 is 10.2 Å². The van der Waals surface area contributed by atoms with Crippen LogP contribution in [0.2, 0.25) is 0 Å². The highest BCUT2D eigenvalue weighted by molar-refractivity contribution is 5.83. The first kappa shape index (κ1) is 28.6. The molecule has 0 amide bonds. The van der Waals surface area contributed by atoms with Gasteiger partial charge in [-0.05, 0) is 19.3 Å². The van der Waals surface area contributed by atoms with Gasteiger partial charge in [0.2, 0.25) is 0 Å². The van der Waals surface area contributed by atoms with E-state index in [4.69, 9.17) is 10.2 Å². The molecule has 1 atom stereocenters. The first-order valence-corrected chi connectivity index (χ1v) is 12.4. The molecule has 176 valence electrons. The van der Waals surface area contributed by atoms with Gasteiger partial charge in [-0.25, -0.2) is 0 Å². The van der Waals surface area contributed by atoms with Gasteiger partial charge in [-0.15, -0.1) is 0 Å². The lowest BCUT2D eigenvalue weighted by Crippen LogP contribution is -2.17. The van der Waals surface area contributed by atoms with Crippen molar-refractivity contribution >= 4 is 17.7 Å². The van der Waals surface area contributed by atoms with Gasteiger partial charge in [-0.2, -0.15) is 0 Å². The Kier molecular flexibility index (Phi) is 19.9. The van der Waals surface area contributed by atoms with Crippen molar-refractivity contribution in [2.45, 2.75) is 135 Å². The van der Waals surface area contributed by atoms with Gasteiger partial charge in [-0.1, -0.05) is 96.8 Å². The number of unbranched alkanes of at least 4 members (excludes halogenated alkanes) is 15. The smallest absolute Gasteiger partial charge is 0.306 e. The number of carboxylic acids is 2. The number of Topliss-reactive ketones (excluding diaryl/α,β-unsaturated/α-hetero) is 1. The lowest BCUT2D eigenvalue weighted by molar-refractivity contribution is -0.144. The van der Waals surface area contributed by atoms with Crippen molar-refractivity contribution < 1.29 is 24.6 Å². The number of hydrogen-bond donors (Lipinski definition) is 2. The number of carbonyl (C=O) groups excluding carboxylic acids is 1. The molecule has 0 aromatic rings. The number of rotatable bonds is 23. The van der Waals surface area contributed by atoms with Crippen LogP contribution in [0.4, 0.5) is 0 Å². The molecule has 0 fully saturated rings. The highest BCUT2D eigenvalue weighted by Gasteiger charge is 2.18. The van der Waals surface area contributed by atoms with E-state index in [1.807, 2.05) is 6.92 Å². The molecule has 0 bridgehead atoms. The SMILES string of the molecule is CC[C@H](CC(=O)CCCCCCCCCCCCCCCCCCC(=O)O)C(=O)O. The Hall–Kier alpha value is -1.39. The number of ketones is 1. The quantitative estimate of drug-likeness (QED) is 0.169. The van der Waals surface area contributed by atoms with Crippen molar-refractivity contribution in [2.75, 3.05) is 0 Å². The Labute approximate surface area is 184 Å². The molecular formula is C25H46O5. The molecule has 0 saturated heterocycles. The van der Waals surface area contributed by atoms with Crippen LogP contribution in [0.3, 0.4) is 0 Å². The molecule has 30 heavy (non-hydrogen) atoms. The Morgan fingerprint density at radius 2 is 0.900 bits per heavy atom. The first-order chi connectivity index (χ1) is 14.5. The van der Waals surface area contributed by atoms with E-state index in [0.29, 0.717) is 19.3 Å². The summed E-state index contributed by atoms with van der Waals surface area (Å²) in [6.07, 6.45) is 20.7. The molecular weight excluding hydrogens is 380 g/mol. The van der Waals surface area contributed by atoms with Gasteiger partial charge in [0.15, 0.2) is 0 Å². The van der Waals surface area contributed by atoms with Crippen molar-refractivity contribution in [2.24, 2.45) is 5.92 Å². The zero-order valence-corrected chi connectivity index (χ0v) is 19.3. The third-order valence-corrected chi connectivity index (χ3v) is 5.91. The Morgan fingerprint density at radius 1 is 0.567 bits per heavy atom. The summed E-state index contributed by atoms with van der Waals surface area (Å²) in [6, 6.07) is 0. The number of hydrogen-bond acceptors (Lipinski definition) is 3. The van der Waals surface area contributed by atoms with E-state index in [1.54, 1.807) is 0 Å². The largest absolute Gasteiger partial charge is 0.481 e. The summed E-state index contributed by atoms with van der Waals surface area (Å²) in [5.41, 5.74) is 0. The first-order valence-electron chi connectivity index (χ1n) is 12.4. The van der Waals surface area contributed by atoms with Crippen LogP contribution in [0.5, 0.6) is 0 Å². The lowest BCUT2D eigenvalue weighted by Gasteiger charge is -2.08. The van der Waals surface area contributed by atoms with Gasteiger partial charge >= 0.3 is 11.9 Å². The molecule has 0 aliphatic heterocycles. The highest BCUT2D eigenvalue weighted by Crippen LogP contribution is 2.15. The molecule has 0 radical (unpaired) electrons. The van der Waals surface area contributed by atoms with Crippen LogP contribution in [0.15, 0.2) is 0 Å². The third kappa shape index (κ3) is 19.9. The summed E-state index contributed by atoms with van der Waals surface area (Å²) in [4.78, 5) is 33.2. The topological polar surface area (TPSA) is 91.7 Å². The molecule has 0 rings (SSSR count). The minimum atomic E-state index is -0.851. The molecule has 5 nitrogen and oxygen atoms in total. The minimum absolute atomic E-state index is 0.0995. The summed E-state index contributed by atoms with van der Waals surface area (Å²) < 4.78 is 0. The van der Waals surface area contributed by atoms with Crippen molar-refractivity contribution in [3.05, 3.63) is 0 Å². The fourth-order valence-corrected chi connectivity index (χ4v) is 3.86. The predicted octanol–water partition coefficient (Wildman–Crippen LogP) is 7.16. The summed E-state index contributed by atoms with van der Waals surface area (Å²) in [5.74, 6) is -1.94. The van der Waals surface area contributed by atoms with Gasteiger partial charge in [-0.3, -0.25) is 14.4 Å². The highest BCUT2D eigenvalue weighted by atomic mass is 16.4. The minimum Gasteiger partial charge on any atom is -0.481 e. The number of carboxylic acid groups (broad SMARTS) is 2. The standard InChI is InChI=1S/C25H46O5/c1-2-22(25(29)30)21-23(26)19-17-15-13-11-9-7-5-3-4-6-8-10-12-14-16-18-20-24(27)28/h22H,2-21H2,1H3,(H,27,28)(H,29,30)/t22-/m1/s1. The van der Waals surface area contributed by atoms with Crippen LogP contribution in [-0.4, -0.2) is 27.9 Å². The molecule has 0 saturated carbocycles. The van der Waals surface area contributed by atoms with Gasteiger partial charge in [0.05, 0.1) is 5.92 Å². The van der Waals surface area contributed by atoms with Crippen molar-refractivity contribution in [1.82, 2.24) is 0 Å². The number of aliphatic carboxylic acids is 2. The van der Waals surface area contributed by atoms with Crippen molar-refractivity contribution in [3.63, 3.8) is 0 Å². The number of carbonyl (C=O) groups is 3. The second-order valence-corrected chi connectivity index (χ2v) is 8.74. The molecule has 2 N–H and O–H groups in total. The van der Waals surface area contributed by atoms with Crippen molar-refractivity contribution in [3.8, 4) is 0 Å². The average molecular weight is 427 g/mol. The molecule has 0 unspecified atom stereocenters. The van der Waals surface area contributed by atoms with E-state index in [1.165, 1.54) is 77.0 Å². The molecule has 0 heterocycles. The average Bonchev–Trinajstić information content (AvgIpc) is 2.70. The van der Waals surface area contributed by atoms with Gasteiger partial charge in [0, 0.05) is 19.3 Å².